The molecule has 17 heavy (non-hydrogen) atoms. The fraction of sp³-hybridized carbons (Fsp3) is 0.231. The van der Waals surface area contributed by atoms with Gasteiger partial charge in [-0.25, -0.2) is 4.39 Å². The molecule has 1 atom stereocenters. The Balaban J connectivity index is 2.25. The van der Waals surface area contributed by atoms with E-state index in [-0.39, 0.29) is 11.9 Å². The summed E-state index contributed by atoms with van der Waals surface area (Å²) in [7, 11) is 0. The first kappa shape index (κ1) is 12.2. The Morgan fingerprint density at radius 2 is 2.24 bits per heavy atom. The molecule has 2 rings (SSSR count). The largest absolute Gasteiger partial charge is 0.271 e. The number of aryl methyl sites for hydroxylation is 1. The van der Waals surface area contributed by atoms with Crippen LogP contribution in [0.1, 0.15) is 22.7 Å². The summed E-state index contributed by atoms with van der Waals surface area (Å²) in [5.41, 5.74) is 5.93. The number of thiophene rings is 1. The van der Waals surface area contributed by atoms with Gasteiger partial charge in [-0.05, 0) is 59.0 Å². The van der Waals surface area contributed by atoms with Crippen LogP contribution < -0.4 is 11.3 Å². The number of benzene rings is 1. The van der Waals surface area contributed by atoms with Gasteiger partial charge in [0.25, 0.3) is 0 Å². The van der Waals surface area contributed by atoms with Gasteiger partial charge in [-0.15, -0.1) is 0 Å². The zero-order valence-corrected chi connectivity index (χ0v) is 10.4. The molecule has 0 amide bonds. The van der Waals surface area contributed by atoms with Crippen molar-refractivity contribution < 1.29 is 4.39 Å². The van der Waals surface area contributed by atoms with Crippen molar-refractivity contribution in [2.24, 2.45) is 5.84 Å². The van der Waals surface area contributed by atoms with Gasteiger partial charge in [-0.3, -0.25) is 11.3 Å². The van der Waals surface area contributed by atoms with Crippen LogP contribution in [0.4, 0.5) is 4.39 Å². The van der Waals surface area contributed by atoms with Gasteiger partial charge in [0, 0.05) is 0 Å². The quantitative estimate of drug-likeness (QED) is 0.647. The van der Waals surface area contributed by atoms with E-state index in [1.165, 1.54) is 11.6 Å². The molecular formula is C13H15FN2S. The van der Waals surface area contributed by atoms with Crippen LogP contribution in [0, 0.1) is 12.7 Å². The lowest BCUT2D eigenvalue weighted by Gasteiger charge is -2.18. The highest BCUT2D eigenvalue weighted by Gasteiger charge is 2.14. The van der Waals surface area contributed by atoms with E-state index in [0.29, 0.717) is 0 Å². The average Bonchev–Trinajstić information content (AvgIpc) is 2.82. The SMILES string of the molecule is Cc1ccc(F)cc1C(Cc1ccsc1)NN. The Morgan fingerprint density at radius 3 is 2.88 bits per heavy atom. The average molecular weight is 250 g/mol. The van der Waals surface area contributed by atoms with Crippen LogP contribution in [0.3, 0.4) is 0 Å². The van der Waals surface area contributed by atoms with E-state index in [2.05, 4.69) is 16.9 Å². The molecule has 2 aromatic rings. The summed E-state index contributed by atoms with van der Waals surface area (Å²) in [4.78, 5) is 0. The molecule has 0 bridgehead atoms. The predicted molar refractivity (Wildman–Crippen MR) is 69.2 cm³/mol. The molecule has 0 aliphatic heterocycles. The lowest BCUT2D eigenvalue weighted by Crippen LogP contribution is -2.30. The topological polar surface area (TPSA) is 38.0 Å². The van der Waals surface area contributed by atoms with E-state index >= 15 is 0 Å². The number of nitrogens with one attached hydrogen (secondary N) is 1. The Labute approximate surface area is 104 Å². The van der Waals surface area contributed by atoms with E-state index in [9.17, 15) is 4.39 Å². The standard InChI is InChI=1S/C13H15FN2S/c1-9-2-3-11(14)7-12(9)13(16-15)6-10-4-5-17-8-10/h2-5,7-8,13,16H,6,15H2,1H3. The Morgan fingerprint density at radius 1 is 1.41 bits per heavy atom. The third-order valence-electron chi connectivity index (χ3n) is 2.84. The molecule has 1 unspecified atom stereocenters. The molecule has 0 aliphatic carbocycles. The second kappa shape index (κ2) is 5.40. The lowest BCUT2D eigenvalue weighted by molar-refractivity contribution is 0.542. The minimum Gasteiger partial charge on any atom is -0.271 e. The first-order chi connectivity index (χ1) is 8.20. The monoisotopic (exact) mass is 250 g/mol. The van der Waals surface area contributed by atoms with Crippen LogP contribution in [-0.2, 0) is 6.42 Å². The summed E-state index contributed by atoms with van der Waals surface area (Å²) >= 11 is 1.65. The maximum absolute atomic E-state index is 13.3. The maximum Gasteiger partial charge on any atom is 0.123 e. The normalized spacial score (nSPS) is 12.6. The van der Waals surface area contributed by atoms with Gasteiger partial charge in [-0.2, -0.15) is 11.3 Å². The van der Waals surface area contributed by atoms with Crippen LogP contribution in [0.15, 0.2) is 35.0 Å². The minimum atomic E-state index is -0.226. The van der Waals surface area contributed by atoms with Crippen molar-refractivity contribution in [2.45, 2.75) is 19.4 Å². The molecule has 1 aromatic carbocycles. The molecule has 0 fully saturated rings. The van der Waals surface area contributed by atoms with Crippen molar-refractivity contribution in [3.8, 4) is 0 Å². The van der Waals surface area contributed by atoms with Gasteiger partial charge >= 0.3 is 0 Å². The lowest BCUT2D eigenvalue weighted by atomic mass is 9.97. The van der Waals surface area contributed by atoms with Crippen molar-refractivity contribution in [2.75, 3.05) is 0 Å². The van der Waals surface area contributed by atoms with Gasteiger partial charge in [0.1, 0.15) is 5.82 Å². The molecule has 1 heterocycles. The maximum atomic E-state index is 13.3. The summed E-state index contributed by atoms with van der Waals surface area (Å²) in [5.74, 6) is 5.35. The van der Waals surface area contributed by atoms with Crippen molar-refractivity contribution in [3.63, 3.8) is 0 Å². The fourth-order valence-electron chi connectivity index (χ4n) is 1.89. The number of rotatable bonds is 4. The molecule has 0 saturated heterocycles. The Kier molecular flexibility index (Phi) is 3.89. The fourth-order valence-corrected chi connectivity index (χ4v) is 2.57. The molecule has 1 aromatic heterocycles. The van der Waals surface area contributed by atoms with Gasteiger partial charge < -0.3 is 0 Å². The third kappa shape index (κ3) is 2.91. The number of halogens is 1. The highest BCUT2D eigenvalue weighted by atomic mass is 32.1. The molecule has 3 N–H and O–H groups in total. The van der Waals surface area contributed by atoms with Crippen LogP contribution in [0.2, 0.25) is 0 Å². The molecule has 4 heteroatoms. The Bertz CT molecular complexity index is 482. The van der Waals surface area contributed by atoms with Crippen molar-refractivity contribution in [3.05, 3.63) is 57.5 Å². The molecular weight excluding hydrogens is 235 g/mol. The molecule has 90 valence electrons. The zero-order valence-electron chi connectivity index (χ0n) is 9.61. The molecule has 0 radical (unpaired) electrons. The Hall–Kier alpha value is -1.23. The van der Waals surface area contributed by atoms with Crippen molar-refractivity contribution in [1.82, 2.24) is 5.43 Å². The number of hydrazine groups is 1. The van der Waals surface area contributed by atoms with Crippen LogP contribution in [-0.4, -0.2) is 0 Å². The third-order valence-corrected chi connectivity index (χ3v) is 3.57. The summed E-state index contributed by atoms with van der Waals surface area (Å²) in [5, 5.41) is 4.11. The number of hydrogen-bond acceptors (Lipinski definition) is 3. The van der Waals surface area contributed by atoms with E-state index in [1.54, 1.807) is 23.5 Å². The van der Waals surface area contributed by atoms with Gasteiger partial charge in [0.15, 0.2) is 0 Å². The highest BCUT2D eigenvalue weighted by Crippen LogP contribution is 2.23. The number of nitrogens with two attached hydrogens (primary N) is 1. The minimum absolute atomic E-state index is 0.0553. The van der Waals surface area contributed by atoms with Crippen molar-refractivity contribution in [1.29, 1.82) is 0 Å². The van der Waals surface area contributed by atoms with Gasteiger partial charge in [0.05, 0.1) is 6.04 Å². The second-order valence-corrected chi connectivity index (χ2v) is 4.84. The van der Waals surface area contributed by atoms with Gasteiger partial charge in [0.2, 0.25) is 0 Å². The highest BCUT2D eigenvalue weighted by molar-refractivity contribution is 7.07. The van der Waals surface area contributed by atoms with Crippen LogP contribution in [0.5, 0.6) is 0 Å². The van der Waals surface area contributed by atoms with Gasteiger partial charge in [-0.1, -0.05) is 6.07 Å². The molecule has 2 nitrogen and oxygen atoms in total. The van der Waals surface area contributed by atoms with Crippen LogP contribution in [0.25, 0.3) is 0 Å². The van der Waals surface area contributed by atoms with E-state index in [0.717, 1.165) is 17.5 Å². The van der Waals surface area contributed by atoms with E-state index in [1.807, 2.05) is 12.3 Å². The molecule has 0 spiro atoms. The van der Waals surface area contributed by atoms with E-state index < -0.39 is 0 Å². The summed E-state index contributed by atoms with van der Waals surface area (Å²) in [6, 6.07) is 6.80. The summed E-state index contributed by atoms with van der Waals surface area (Å²) in [6.07, 6.45) is 0.768. The first-order valence-corrected chi connectivity index (χ1v) is 6.38. The summed E-state index contributed by atoms with van der Waals surface area (Å²) in [6.45, 7) is 1.97. The van der Waals surface area contributed by atoms with Crippen molar-refractivity contribution >= 4 is 11.3 Å². The molecule has 0 aliphatic rings. The smallest absolute Gasteiger partial charge is 0.123 e. The van der Waals surface area contributed by atoms with E-state index in [4.69, 9.17) is 5.84 Å². The molecule has 0 saturated carbocycles. The number of hydrogen-bond donors (Lipinski definition) is 2. The first-order valence-electron chi connectivity index (χ1n) is 5.44. The zero-order chi connectivity index (χ0) is 12.3. The predicted octanol–water partition coefficient (Wildman–Crippen LogP) is 2.94. The summed E-state index contributed by atoms with van der Waals surface area (Å²) < 4.78 is 13.3. The van der Waals surface area contributed by atoms with Crippen LogP contribution >= 0.6 is 11.3 Å². The second-order valence-electron chi connectivity index (χ2n) is 4.06.